The first-order chi connectivity index (χ1) is 26.8. The fourth-order valence-electron chi connectivity index (χ4n) is 8.56. The van der Waals surface area contributed by atoms with E-state index in [2.05, 4.69) is 20.8 Å². The van der Waals surface area contributed by atoms with E-state index in [1.54, 1.807) is 0 Å². The summed E-state index contributed by atoms with van der Waals surface area (Å²) in [7, 11) is 0. The summed E-state index contributed by atoms with van der Waals surface area (Å²) in [6, 6.07) is 0. The second-order valence-electron chi connectivity index (χ2n) is 18.0. The quantitative estimate of drug-likeness (QED) is 0.0199. The van der Waals surface area contributed by atoms with Gasteiger partial charge >= 0.3 is 0 Å². The van der Waals surface area contributed by atoms with Crippen molar-refractivity contribution in [3.63, 3.8) is 0 Å². The van der Waals surface area contributed by atoms with Gasteiger partial charge in [0.1, 0.15) is 0 Å². The number of nitrogens with zero attached hydrogens (tertiary/aromatic N) is 1. The lowest BCUT2D eigenvalue weighted by molar-refractivity contribution is -0.461. The van der Waals surface area contributed by atoms with Gasteiger partial charge in [-0.3, -0.25) is 0 Å². The van der Waals surface area contributed by atoms with E-state index in [1.165, 1.54) is 293 Å². The third kappa shape index (κ3) is 44.2. The molecule has 0 aliphatic carbocycles. The number of hydrogen-bond donors (Lipinski definition) is 0. The zero-order chi connectivity index (χ0) is 39.1. The molecule has 0 unspecified atom stereocenters. The summed E-state index contributed by atoms with van der Waals surface area (Å²) in [6.07, 6.45) is 65.0. The van der Waals surface area contributed by atoms with Gasteiger partial charge in [0.25, 0.3) is 0 Å². The molecule has 0 atom stereocenters. The first kappa shape index (κ1) is 53.5. The third-order valence-corrected chi connectivity index (χ3v) is 12.5. The van der Waals surface area contributed by atoms with E-state index < -0.39 is 0 Å². The molecule has 0 N–H and O–H groups in total. The minimum atomic E-state index is 0.741. The second kappa shape index (κ2) is 48.6. The maximum atomic E-state index is 13.3. The number of hydroxylamine groups is 1. The van der Waals surface area contributed by atoms with Crippen LogP contribution in [0.15, 0.2) is 0 Å². The van der Waals surface area contributed by atoms with Crippen molar-refractivity contribution in [3.05, 3.63) is 5.21 Å². The molecule has 0 amide bonds. The average Bonchev–Trinajstić information content (AvgIpc) is 3.18. The predicted molar refractivity (Wildman–Crippen MR) is 248 cm³/mol. The van der Waals surface area contributed by atoms with E-state index in [9.17, 15) is 5.21 Å². The monoisotopic (exact) mass is 760 g/mol. The van der Waals surface area contributed by atoms with Crippen molar-refractivity contribution in [2.45, 2.75) is 323 Å². The summed E-state index contributed by atoms with van der Waals surface area (Å²) in [6.45, 7) is 7.66. The zero-order valence-electron chi connectivity index (χ0n) is 38.3. The van der Waals surface area contributed by atoms with E-state index in [4.69, 9.17) is 0 Å². The zero-order valence-corrected chi connectivity index (χ0v) is 38.3. The molecule has 0 rings (SSSR count). The molecular formula is C52H105NO. The van der Waals surface area contributed by atoms with Crippen LogP contribution in [0.2, 0.25) is 0 Å². The molecule has 54 heavy (non-hydrogen) atoms. The van der Waals surface area contributed by atoms with Crippen LogP contribution in [0.3, 0.4) is 0 Å². The highest BCUT2D eigenvalue weighted by molar-refractivity contribution is 5.79. The Balaban J connectivity index is 4.15. The number of rotatable bonds is 48. The molecule has 0 aromatic rings. The van der Waals surface area contributed by atoms with Crippen LogP contribution in [-0.4, -0.2) is 17.0 Å². The second-order valence-corrected chi connectivity index (χ2v) is 18.0. The molecule has 324 valence electrons. The molecule has 0 radical (unpaired) electrons. The topological polar surface area (TPSA) is 26.1 Å². The van der Waals surface area contributed by atoms with Crippen molar-refractivity contribution < 1.29 is 4.74 Å². The molecule has 0 aliphatic rings. The fraction of sp³-hybridized carbons (Fsp3) is 0.981. The van der Waals surface area contributed by atoms with E-state index in [0.29, 0.717) is 0 Å². The van der Waals surface area contributed by atoms with Crippen molar-refractivity contribution in [1.29, 1.82) is 0 Å². The van der Waals surface area contributed by atoms with E-state index in [-0.39, 0.29) is 0 Å². The minimum Gasteiger partial charge on any atom is -0.624 e. The average molecular weight is 760 g/mol. The highest BCUT2D eigenvalue weighted by Crippen LogP contribution is 2.18. The lowest BCUT2D eigenvalue weighted by atomic mass is 10.0. The van der Waals surface area contributed by atoms with Crippen LogP contribution in [0, 0.1) is 5.21 Å². The van der Waals surface area contributed by atoms with Crippen molar-refractivity contribution in [2.75, 3.05) is 6.54 Å². The van der Waals surface area contributed by atoms with Gasteiger partial charge in [-0.05, 0) is 19.3 Å². The van der Waals surface area contributed by atoms with Crippen LogP contribution >= 0.6 is 0 Å². The Hall–Kier alpha value is -0.530. The molecule has 2 heteroatoms. The van der Waals surface area contributed by atoms with Gasteiger partial charge in [-0.1, -0.05) is 284 Å². The highest BCUT2D eigenvalue weighted by Gasteiger charge is 2.10. The van der Waals surface area contributed by atoms with Gasteiger partial charge in [-0.25, -0.2) is 4.74 Å². The highest BCUT2D eigenvalue weighted by atomic mass is 16.5. The summed E-state index contributed by atoms with van der Waals surface area (Å²) in [5, 5.41) is 13.3. The Labute approximate surface area is 343 Å². The largest absolute Gasteiger partial charge is 0.624 e. The van der Waals surface area contributed by atoms with Crippen LogP contribution < -0.4 is 0 Å². The maximum absolute atomic E-state index is 13.3. The molecule has 0 aliphatic heterocycles. The van der Waals surface area contributed by atoms with Gasteiger partial charge in [0.05, 0.1) is 0 Å². The van der Waals surface area contributed by atoms with Crippen LogP contribution in [-0.2, 0) is 0 Å². The Bertz CT molecular complexity index is 664. The van der Waals surface area contributed by atoms with Gasteiger partial charge in [-0.15, -0.1) is 0 Å². The molecule has 0 bridgehead atoms. The summed E-state index contributed by atoms with van der Waals surface area (Å²) in [5.41, 5.74) is 1.24. The van der Waals surface area contributed by atoms with E-state index in [0.717, 1.165) is 25.8 Å². The lowest BCUT2D eigenvalue weighted by Gasteiger charge is -2.12. The molecular weight excluding hydrogens is 655 g/mol. The van der Waals surface area contributed by atoms with Gasteiger partial charge in [0.15, 0.2) is 12.3 Å². The molecule has 2 nitrogen and oxygen atoms in total. The molecule has 0 aromatic carbocycles. The number of hydrogen-bond acceptors (Lipinski definition) is 1. The van der Waals surface area contributed by atoms with Crippen molar-refractivity contribution in [3.8, 4) is 0 Å². The van der Waals surface area contributed by atoms with Gasteiger partial charge in [0, 0.05) is 19.3 Å². The Morgan fingerprint density at radius 2 is 0.407 bits per heavy atom. The van der Waals surface area contributed by atoms with E-state index in [1.807, 2.05) is 0 Å². The van der Waals surface area contributed by atoms with Crippen LogP contribution in [0.5, 0.6) is 0 Å². The summed E-state index contributed by atoms with van der Waals surface area (Å²) < 4.78 is 1.47. The van der Waals surface area contributed by atoms with Crippen molar-refractivity contribution in [1.82, 2.24) is 0 Å². The van der Waals surface area contributed by atoms with Gasteiger partial charge < -0.3 is 5.21 Å². The number of unbranched alkanes of at least 4 members (excludes halogenated alkanes) is 42. The SMILES string of the molecule is CCCCCCCCCCCCCCCCCC(CCCCCCCCCCCCCCCCC)=[N+]([O-])CCCCCCCCCCCCCCCCC. The standard InChI is InChI=1S/C52H105NO/c1-4-7-10-13-16-19-22-25-28-31-34-37-40-43-46-49-52(50-47-44-41-38-35-32-29-26-23-20-17-14-11-8-5-2)53(54)51-48-45-42-39-36-33-30-27-24-21-18-15-12-9-6-3/h4-51H2,1-3H3. The molecule has 0 saturated heterocycles. The van der Waals surface area contributed by atoms with E-state index >= 15 is 0 Å². The van der Waals surface area contributed by atoms with Crippen LogP contribution in [0.4, 0.5) is 0 Å². The lowest BCUT2D eigenvalue weighted by Crippen LogP contribution is -2.17. The normalized spacial score (nSPS) is 11.5. The Morgan fingerprint density at radius 3 is 0.611 bits per heavy atom. The van der Waals surface area contributed by atoms with Gasteiger partial charge in [0.2, 0.25) is 0 Å². The smallest absolute Gasteiger partial charge is 0.163 e. The van der Waals surface area contributed by atoms with Crippen LogP contribution in [0.1, 0.15) is 323 Å². The molecule has 0 aromatic heterocycles. The fourth-order valence-corrected chi connectivity index (χ4v) is 8.56. The summed E-state index contributed by atoms with van der Waals surface area (Å²) in [4.78, 5) is 0. The first-order valence-electron chi connectivity index (χ1n) is 26.1. The van der Waals surface area contributed by atoms with Crippen molar-refractivity contribution >= 4 is 5.71 Å². The predicted octanol–water partition coefficient (Wildman–Crippen LogP) is 19.3. The molecule has 0 spiro atoms. The molecule has 0 saturated carbocycles. The van der Waals surface area contributed by atoms with Gasteiger partial charge in [-0.2, -0.15) is 0 Å². The Morgan fingerprint density at radius 1 is 0.241 bits per heavy atom. The molecule has 0 heterocycles. The first-order valence-corrected chi connectivity index (χ1v) is 26.1. The third-order valence-electron chi connectivity index (χ3n) is 12.5. The maximum Gasteiger partial charge on any atom is 0.163 e. The van der Waals surface area contributed by atoms with Crippen molar-refractivity contribution in [2.24, 2.45) is 0 Å². The molecule has 0 fully saturated rings. The van der Waals surface area contributed by atoms with Crippen LogP contribution in [0.25, 0.3) is 0 Å². The summed E-state index contributed by atoms with van der Waals surface area (Å²) >= 11 is 0. The minimum absolute atomic E-state index is 0.741. The summed E-state index contributed by atoms with van der Waals surface area (Å²) in [5.74, 6) is 0. The Kier molecular flexibility index (Phi) is 48.1.